The third-order valence-electron chi connectivity index (χ3n) is 3.13. The first kappa shape index (κ1) is 12.2. The van der Waals surface area contributed by atoms with E-state index in [9.17, 15) is 4.79 Å². The van der Waals surface area contributed by atoms with E-state index >= 15 is 0 Å². The Hall–Kier alpha value is -0.850. The SMILES string of the molecule is CC(C)=CCC[C@H](C)C1=C(C)CCC1=O. The molecule has 0 spiro atoms. The van der Waals surface area contributed by atoms with E-state index in [2.05, 4.69) is 33.8 Å². The molecule has 0 heterocycles. The normalized spacial score (nSPS) is 18.3. The van der Waals surface area contributed by atoms with E-state index in [-0.39, 0.29) is 0 Å². The maximum Gasteiger partial charge on any atom is 0.159 e. The van der Waals surface area contributed by atoms with Crippen molar-refractivity contribution in [2.75, 3.05) is 0 Å². The van der Waals surface area contributed by atoms with Crippen LogP contribution in [0.5, 0.6) is 0 Å². The molecule has 84 valence electrons. The lowest BCUT2D eigenvalue weighted by molar-refractivity contribution is -0.115. The summed E-state index contributed by atoms with van der Waals surface area (Å²) < 4.78 is 0. The van der Waals surface area contributed by atoms with Crippen molar-refractivity contribution >= 4 is 5.78 Å². The van der Waals surface area contributed by atoms with Gasteiger partial charge in [0.15, 0.2) is 5.78 Å². The lowest BCUT2D eigenvalue weighted by Crippen LogP contribution is -2.06. The van der Waals surface area contributed by atoms with Crippen molar-refractivity contribution in [3.63, 3.8) is 0 Å². The minimum absolute atomic E-state index is 0.386. The van der Waals surface area contributed by atoms with Crippen molar-refractivity contribution in [2.45, 2.75) is 53.4 Å². The Morgan fingerprint density at radius 1 is 1.40 bits per heavy atom. The molecule has 0 saturated carbocycles. The van der Waals surface area contributed by atoms with E-state index in [4.69, 9.17) is 0 Å². The van der Waals surface area contributed by atoms with E-state index in [1.807, 2.05) is 0 Å². The molecule has 1 aliphatic carbocycles. The van der Waals surface area contributed by atoms with Crippen LogP contribution in [0.3, 0.4) is 0 Å². The average Bonchev–Trinajstić information content (AvgIpc) is 2.45. The fraction of sp³-hybridized carbons (Fsp3) is 0.643. The first-order valence-electron chi connectivity index (χ1n) is 5.88. The standard InChI is InChI=1S/C14H22O/c1-10(2)6-5-7-11(3)14-12(4)8-9-13(14)15/h6,11H,5,7-9H2,1-4H3/t11-/m0/s1. The van der Waals surface area contributed by atoms with Crippen molar-refractivity contribution in [1.29, 1.82) is 0 Å². The average molecular weight is 206 g/mol. The largest absolute Gasteiger partial charge is 0.295 e. The Bertz CT molecular complexity index is 303. The second kappa shape index (κ2) is 5.29. The van der Waals surface area contributed by atoms with Crippen molar-refractivity contribution in [2.24, 2.45) is 5.92 Å². The van der Waals surface area contributed by atoms with Crippen LogP contribution in [0.25, 0.3) is 0 Å². The fourth-order valence-electron chi connectivity index (χ4n) is 2.27. The second-order valence-corrected chi connectivity index (χ2v) is 4.88. The zero-order valence-corrected chi connectivity index (χ0v) is 10.4. The molecule has 0 aromatic carbocycles. The van der Waals surface area contributed by atoms with Crippen LogP contribution >= 0.6 is 0 Å². The van der Waals surface area contributed by atoms with Gasteiger partial charge in [-0.1, -0.05) is 24.1 Å². The molecular formula is C14H22O. The number of hydrogen-bond acceptors (Lipinski definition) is 1. The Balaban J connectivity index is 2.54. The van der Waals surface area contributed by atoms with Crippen LogP contribution in [0.4, 0.5) is 0 Å². The molecule has 1 rings (SSSR count). The van der Waals surface area contributed by atoms with Gasteiger partial charge < -0.3 is 0 Å². The lowest BCUT2D eigenvalue weighted by Gasteiger charge is -2.12. The summed E-state index contributed by atoms with van der Waals surface area (Å²) in [6, 6.07) is 0. The van der Waals surface area contributed by atoms with Gasteiger partial charge in [0.1, 0.15) is 0 Å². The van der Waals surface area contributed by atoms with Crippen LogP contribution in [0.2, 0.25) is 0 Å². The maximum atomic E-state index is 11.6. The smallest absolute Gasteiger partial charge is 0.159 e. The monoisotopic (exact) mass is 206 g/mol. The van der Waals surface area contributed by atoms with Gasteiger partial charge >= 0.3 is 0 Å². The highest BCUT2D eigenvalue weighted by atomic mass is 16.1. The van der Waals surface area contributed by atoms with Crippen LogP contribution in [-0.4, -0.2) is 5.78 Å². The molecule has 0 radical (unpaired) electrons. The van der Waals surface area contributed by atoms with E-state index in [1.165, 1.54) is 11.1 Å². The van der Waals surface area contributed by atoms with Crippen LogP contribution < -0.4 is 0 Å². The van der Waals surface area contributed by atoms with Crippen molar-refractivity contribution in [3.05, 3.63) is 22.8 Å². The van der Waals surface area contributed by atoms with E-state index in [0.29, 0.717) is 11.7 Å². The predicted molar refractivity (Wildman–Crippen MR) is 64.8 cm³/mol. The summed E-state index contributed by atoms with van der Waals surface area (Å²) in [7, 11) is 0. The minimum atomic E-state index is 0.386. The molecule has 1 aliphatic rings. The third-order valence-corrected chi connectivity index (χ3v) is 3.13. The van der Waals surface area contributed by atoms with E-state index in [0.717, 1.165) is 31.3 Å². The molecule has 0 aromatic rings. The number of Topliss-reactive ketones (excluding diaryl/α,β-unsaturated/α-hetero) is 1. The van der Waals surface area contributed by atoms with Gasteiger partial charge in [-0.3, -0.25) is 4.79 Å². The molecule has 0 aromatic heterocycles. The summed E-state index contributed by atoms with van der Waals surface area (Å²) in [6.45, 7) is 8.53. The van der Waals surface area contributed by atoms with Crippen LogP contribution in [0.15, 0.2) is 22.8 Å². The highest BCUT2D eigenvalue weighted by molar-refractivity contribution is 5.98. The van der Waals surface area contributed by atoms with Crippen LogP contribution in [0, 0.1) is 5.92 Å². The highest BCUT2D eigenvalue weighted by Gasteiger charge is 2.24. The maximum absolute atomic E-state index is 11.6. The molecule has 0 bridgehead atoms. The van der Waals surface area contributed by atoms with Gasteiger partial charge in [-0.2, -0.15) is 0 Å². The molecule has 0 unspecified atom stereocenters. The zero-order valence-electron chi connectivity index (χ0n) is 10.4. The highest BCUT2D eigenvalue weighted by Crippen LogP contribution is 2.30. The molecule has 0 aliphatic heterocycles. The number of carbonyl (C=O) groups is 1. The van der Waals surface area contributed by atoms with Gasteiger partial charge in [0.05, 0.1) is 0 Å². The summed E-state index contributed by atoms with van der Waals surface area (Å²) in [5.74, 6) is 0.827. The summed E-state index contributed by atoms with van der Waals surface area (Å²) in [6.07, 6.45) is 6.18. The third kappa shape index (κ3) is 3.33. The van der Waals surface area contributed by atoms with Crippen molar-refractivity contribution in [3.8, 4) is 0 Å². The van der Waals surface area contributed by atoms with Gasteiger partial charge in [-0.15, -0.1) is 0 Å². The van der Waals surface area contributed by atoms with E-state index < -0.39 is 0 Å². The van der Waals surface area contributed by atoms with Crippen LogP contribution in [-0.2, 0) is 4.79 Å². The van der Waals surface area contributed by atoms with Crippen molar-refractivity contribution < 1.29 is 4.79 Å². The fourth-order valence-corrected chi connectivity index (χ4v) is 2.27. The van der Waals surface area contributed by atoms with Gasteiger partial charge in [0.2, 0.25) is 0 Å². The molecular weight excluding hydrogens is 184 g/mol. The van der Waals surface area contributed by atoms with Gasteiger partial charge in [-0.25, -0.2) is 0 Å². The summed E-state index contributed by atoms with van der Waals surface area (Å²) in [5.41, 5.74) is 3.81. The lowest BCUT2D eigenvalue weighted by atomic mass is 9.92. The molecule has 1 heteroatoms. The quantitative estimate of drug-likeness (QED) is 0.634. The van der Waals surface area contributed by atoms with Gasteiger partial charge in [0.25, 0.3) is 0 Å². The summed E-state index contributed by atoms with van der Waals surface area (Å²) in [5, 5.41) is 0. The molecule has 0 fully saturated rings. The first-order valence-corrected chi connectivity index (χ1v) is 5.88. The van der Waals surface area contributed by atoms with Crippen LogP contribution in [0.1, 0.15) is 53.4 Å². The first-order chi connectivity index (χ1) is 7.02. The zero-order chi connectivity index (χ0) is 11.4. The summed E-state index contributed by atoms with van der Waals surface area (Å²) in [4.78, 5) is 11.6. The summed E-state index contributed by atoms with van der Waals surface area (Å²) >= 11 is 0. The molecule has 15 heavy (non-hydrogen) atoms. The number of ketones is 1. The van der Waals surface area contributed by atoms with E-state index in [1.54, 1.807) is 0 Å². The number of hydrogen-bond donors (Lipinski definition) is 0. The second-order valence-electron chi connectivity index (χ2n) is 4.88. The van der Waals surface area contributed by atoms with Gasteiger partial charge in [-0.05, 0) is 51.5 Å². The topological polar surface area (TPSA) is 17.1 Å². The molecule has 0 amide bonds. The van der Waals surface area contributed by atoms with Gasteiger partial charge in [0, 0.05) is 6.42 Å². The minimum Gasteiger partial charge on any atom is -0.295 e. The Morgan fingerprint density at radius 2 is 2.07 bits per heavy atom. The molecule has 0 saturated heterocycles. The number of allylic oxidation sites excluding steroid dienone is 4. The molecule has 1 nitrogen and oxygen atoms in total. The Kier molecular flexibility index (Phi) is 4.31. The number of carbonyl (C=O) groups excluding carboxylic acids is 1. The number of rotatable bonds is 4. The molecule has 1 atom stereocenters. The molecule has 0 N–H and O–H groups in total. The predicted octanol–water partition coefficient (Wildman–Crippen LogP) is 4.05. The Labute approximate surface area is 93.3 Å². The van der Waals surface area contributed by atoms with Crippen molar-refractivity contribution in [1.82, 2.24) is 0 Å². The Morgan fingerprint density at radius 3 is 2.53 bits per heavy atom.